The number of para-hydroxylation sites is 1. The predicted octanol–water partition coefficient (Wildman–Crippen LogP) is 2.74. The molecule has 0 spiro atoms. The molecule has 14 heteroatoms. The second kappa shape index (κ2) is 10.9. The lowest BCUT2D eigenvalue weighted by molar-refractivity contribution is -0.143. The summed E-state index contributed by atoms with van der Waals surface area (Å²) in [6.07, 6.45) is -3.71. The van der Waals surface area contributed by atoms with Gasteiger partial charge < -0.3 is 15.4 Å². The van der Waals surface area contributed by atoms with Gasteiger partial charge in [-0.3, -0.25) is 14.3 Å². The summed E-state index contributed by atoms with van der Waals surface area (Å²) in [7, 11) is -0.843. The number of halogens is 4. The first-order valence-electron chi connectivity index (χ1n) is 11.3. The van der Waals surface area contributed by atoms with E-state index < -0.39 is 45.4 Å². The van der Waals surface area contributed by atoms with Crippen LogP contribution in [-0.2, 0) is 30.8 Å². The van der Waals surface area contributed by atoms with Crippen LogP contribution in [0.15, 0.2) is 53.6 Å². The van der Waals surface area contributed by atoms with E-state index in [1.807, 2.05) is 0 Å². The van der Waals surface area contributed by atoms with Gasteiger partial charge in [-0.2, -0.15) is 18.3 Å². The van der Waals surface area contributed by atoms with Gasteiger partial charge in [0.25, 0.3) is 11.8 Å². The first-order chi connectivity index (χ1) is 18.0. The lowest BCUT2D eigenvalue weighted by atomic mass is 10.1. The van der Waals surface area contributed by atoms with E-state index in [1.54, 1.807) is 18.2 Å². The van der Waals surface area contributed by atoms with Crippen LogP contribution in [0.5, 0.6) is 5.75 Å². The Bertz CT molecular complexity index is 1390. The number of carbonyl (C=O) groups excluding carboxylic acids is 2. The predicted molar refractivity (Wildman–Crippen MR) is 128 cm³/mol. The molecule has 1 fully saturated rings. The van der Waals surface area contributed by atoms with E-state index >= 15 is 0 Å². The fourth-order valence-corrected chi connectivity index (χ4v) is 5.28. The molecule has 1 unspecified atom stereocenters. The second-order valence-corrected chi connectivity index (χ2v) is 9.90. The Balaban J connectivity index is 1.42. The molecule has 38 heavy (non-hydrogen) atoms. The van der Waals surface area contributed by atoms with Gasteiger partial charge >= 0.3 is 6.18 Å². The zero-order valence-electron chi connectivity index (χ0n) is 20.1. The number of hydrogen-bond donors (Lipinski definition) is 1. The minimum absolute atomic E-state index is 0.0128. The number of aromatic nitrogens is 2. The Morgan fingerprint density at radius 1 is 1.08 bits per heavy atom. The van der Waals surface area contributed by atoms with Crippen molar-refractivity contribution < 1.29 is 36.1 Å². The summed E-state index contributed by atoms with van der Waals surface area (Å²) >= 11 is 0. The molecule has 0 saturated carbocycles. The summed E-state index contributed by atoms with van der Waals surface area (Å²) < 4.78 is 75.2. The molecule has 2 amide bonds. The molecule has 1 saturated heterocycles. The van der Waals surface area contributed by atoms with Gasteiger partial charge in [0.2, 0.25) is 0 Å². The van der Waals surface area contributed by atoms with Gasteiger partial charge in [0.1, 0.15) is 34.1 Å². The van der Waals surface area contributed by atoms with E-state index in [0.29, 0.717) is 5.56 Å². The Kier molecular flexibility index (Phi) is 7.83. The van der Waals surface area contributed by atoms with Crippen molar-refractivity contribution in [3.8, 4) is 5.75 Å². The molecular weight excluding hydrogens is 530 g/mol. The third-order valence-corrected chi connectivity index (χ3v) is 7.33. The number of nitrogens with zero attached hydrogens (tertiary/aromatic N) is 4. The van der Waals surface area contributed by atoms with Crippen LogP contribution in [0.1, 0.15) is 32.0 Å². The molecule has 0 radical (unpaired) electrons. The summed E-state index contributed by atoms with van der Waals surface area (Å²) in [6, 6.07) is 10.2. The van der Waals surface area contributed by atoms with Crippen LogP contribution in [-0.4, -0.2) is 61.2 Å². The number of alkyl halides is 3. The maximum Gasteiger partial charge on any atom is 0.436 e. The molecule has 2 N–H and O–H groups in total. The minimum atomic E-state index is -4.77. The third-order valence-electron chi connectivity index (χ3n) is 5.82. The number of rotatable bonds is 7. The normalized spacial score (nSPS) is 15.3. The van der Waals surface area contributed by atoms with Crippen molar-refractivity contribution in [3.05, 3.63) is 76.9 Å². The number of carbonyl (C=O) groups is 2. The van der Waals surface area contributed by atoms with E-state index in [-0.39, 0.29) is 49.7 Å². The van der Waals surface area contributed by atoms with Crippen LogP contribution in [0.25, 0.3) is 0 Å². The van der Waals surface area contributed by atoms with E-state index in [4.69, 9.17) is 10.5 Å². The molecule has 2 aromatic carbocycles. The van der Waals surface area contributed by atoms with Crippen molar-refractivity contribution in [1.29, 1.82) is 0 Å². The van der Waals surface area contributed by atoms with Gasteiger partial charge in [-0.1, -0.05) is 18.2 Å². The fraction of sp³-hybridized carbons (Fsp3) is 0.292. The highest BCUT2D eigenvalue weighted by Crippen LogP contribution is 2.33. The lowest BCUT2D eigenvalue weighted by Gasteiger charge is -2.33. The molecule has 0 bridgehead atoms. The first-order valence-corrected chi connectivity index (χ1v) is 12.4. The second-order valence-electron chi connectivity index (χ2n) is 8.45. The standard InChI is InChI=1S/C24H23F4N5O4S/c1-31-13-20(21(30-31)24(26,27)28)38(36)33-10-8-32(9-11-33)23(35)17-12-15(6-7-18(17)25)14-37-19-5-3-2-4-16(19)22(29)34/h2-7,12-13H,8-11,14H2,1H3,(H2,29,34). The smallest absolute Gasteiger partial charge is 0.436 e. The molecule has 1 atom stereocenters. The molecule has 4 rings (SSSR count). The van der Waals surface area contributed by atoms with Crippen LogP contribution in [0.4, 0.5) is 17.6 Å². The van der Waals surface area contributed by atoms with E-state index in [9.17, 15) is 31.4 Å². The summed E-state index contributed by atoms with van der Waals surface area (Å²) in [6.45, 7) is 0.0126. The zero-order chi connectivity index (χ0) is 27.6. The molecular formula is C24H23F4N5O4S. The number of ether oxygens (including phenoxy) is 1. The van der Waals surface area contributed by atoms with Crippen molar-refractivity contribution in [2.24, 2.45) is 12.8 Å². The van der Waals surface area contributed by atoms with Crippen LogP contribution in [0.3, 0.4) is 0 Å². The van der Waals surface area contributed by atoms with E-state index in [1.165, 1.54) is 34.5 Å². The number of primary amides is 1. The SMILES string of the molecule is Cn1cc(S(=O)N2CCN(C(=O)c3cc(COc4ccccc4C(N)=O)ccc3F)CC2)c(C(F)(F)F)n1. The van der Waals surface area contributed by atoms with Crippen LogP contribution in [0, 0.1) is 5.82 Å². The van der Waals surface area contributed by atoms with Crippen LogP contribution in [0.2, 0.25) is 0 Å². The van der Waals surface area contributed by atoms with Crippen molar-refractivity contribution in [3.63, 3.8) is 0 Å². The average molecular weight is 554 g/mol. The van der Waals surface area contributed by atoms with Crippen molar-refractivity contribution in [2.75, 3.05) is 26.2 Å². The monoisotopic (exact) mass is 553 g/mol. The maximum atomic E-state index is 14.6. The number of nitrogens with two attached hydrogens (primary N) is 1. The number of aryl methyl sites for hydroxylation is 1. The summed E-state index contributed by atoms with van der Waals surface area (Å²) in [5.41, 5.74) is 4.54. The van der Waals surface area contributed by atoms with Gasteiger partial charge in [-0.25, -0.2) is 12.9 Å². The Labute approximate surface area is 217 Å². The molecule has 1 aromatic heterocycles. The highest BCUT2D eigenvalue weighted by atomic mass is 32.2. The Hall–Kier alpha value is -3.78. The topological polar surface area (TPSA) is 111 Å². The number of hydrogen-bond acceptors (Lipinski definition) is 5. The number of piperazine rings is 1. The highest BCUT2D eigenvalue weighted by Gasteiger charge is 2.40. The largest absolute Gasteiger partial charge is 0.488 e. The van der Waals surface area contributed by atoms with Crippen molar-refractivity contribution >= 4 is 22.8 Å². The summed E-state index contributed by atoms with van der Waals surface area (Å²) in [5, 5.41) is 3.38. The quantitative estimate of drug-likeness (QED) is 0.453. The minimum Gasteiger partial charge on any atom is -0.488 e. The molecule has 1 aliphatic heterocycles. The Morgan fingerprint density at radius 3 is 2.42 bits per heavy atom. The molecule has 0 aliphatic carbocycles. The van der Waals surface area contributed by atoms with Crippen LogP contribution >= 0.6 is 0 Å². The van der Waals surface area contributed by atoms with Gasteiger partial charge in [0, 0.05) is 39.4 Å². The van der Waals surface area contributed by atoms with Crippen molar-refractivity contribution in [2.45, 2.75) is 17.7 Å². The zero-order valence-corrected chi connectivity index (χ0v) is 20.9. The first kappa shape index (κ1) is 27.3. The van der Waals surface area contributed by atoms with E-state index in [0.717, 1.165) is 16.9 Å². The maximum absolute atomic E-state index is 14.6. The van der Waals surface area contributed by atoms with Gasteiger partial charge in [-0.05, 0) is 29.8 Å². The van der Waals surface area contributed by atoms with Crippen molar-refractivity contribution in [1.82, 2.24) is 19.0 Å². The fourth-order valence-electron chi connectivity index (χ4n) is 3.94. The van der Waals surface area contributed by atoms with Gasteiger partial charge in [0.05, 0.1) is 11.1 Å². The number of amides is 2. The summed E-state index contributed by atoms with van der Waals surface area (Å²) in [4.78, 5) is 25.5. The van der Waals surface area contributed by atoms with Gasteiger partial charge in [0.15, 0.2) is 5.69 Å². The molecule has 1 aliphatic rings. The average Bonchev–Trinajstić information content (AvgIpc) is 3.30. The molecule has 9 nitrogen and oxygen atoms in total. The summed E-state index contributed by atoms with van der Waals surface area (Å²) in [5.74, 6) is -1.81. The Morgan fingerprint density at radius 2 is 1.76 bits per heavy atom. The van der Waals surface area contributed by atoms with E-state index in [2.05, 4.69) is 5.10 Å². The molecule has 3 aromatic rings. The van der Waals surface area contributed by atoms with Gasteiger partial charge in [-0.15, -0.1) is 0 Å². The molecule has 2 heterocycles. The number of benzene rings is 2. The lowest BCUT2D eigenvalue weighted by Crippen LogP contribution is -2.49. The highest BCUT2D eigenvalue weighted by molar-refractivity contribution is 7.82. The third kappa shape index (κ3) is 5.86. The molecule has 202 valence electrons. The van der Waals surface area contributed by atoms with Crippen LogP contribution < -0.4 is 10.5 Å².